The van der Waals surface area contributed by atoms with Crippen molar-refractivity contribution < 1.29 is 13.6 Å². The number of hydrogen-bond donors (Lipinski definition) is 0. The molecule has 0 radical (unpaired) electrons. The lowest BCUT2D eigenvalue weighted by Gasteiger charge is -2.17. The van der Waals surface area contributed by atoms with Crippen molar-refractivity contribution in [1.82, 2.24) is 0 Å². The second-order valence-electron chi connectivity index (χ2n) is 3.99. The molecule has 0 atom stereocenters. The highest BCUT2D eigenvalue weighted by atomic mass is 31.2. The summed E-state index contributed by atoms with van der Waals surface area (Å²) in [5.41, 5.74) is 1.84. The molecule has 0 heterocycles. The van der Waals surface area contributed by atoms with Crippen LogP contribution in [0.2, 0.25) is 0 Å². The zero-order valence-electron chi connectivity index (χ0n) is 12.5. The molecule has 0 unspecified atom stereocenters. The van der Waals surface area contributed by atoms with Gasteiger partial charge in [-0.2, -0.15) is 0 Å². The predicted octanol–water partition coefficient (Wildman–Crippen LogP) is 3.57. The lowest BCUT2D eigenvalue weighted by atomic mass is 10.1. The Bertz CT molecular complexity index is 510. The molecule has 0 N–H and O–H groups in total. The molecule has 1 aromatic carbocycles. The van der Waals surface area contributed by atoms with E-state index in [9.17, 15) is 4.57 Å². The third-order valence-electron chi connectivity index (χ3n) is 2.64. The summed E-state index contributed by atoms with van der Waals surface area (Å²) in [7, 11) is -1.46. The molecule has 0 saturated heterocycles. The van der Waals surface area contributed by atoms with Gasteiger partial charge in [-0.25, -0.2) is 0 Å². The van der Waals surface area contributed by atoms with E-state index in [0.717, 1.165) is 11.3 Å². The van der Waals surface area contributed by atoms with E-state index in [0.29, 0.717) is 18.5 Å². The summed E-state index contributed by atoms with van der Waals surface area (Å²) in [4.78, 5) is 4.21. The van der Waals surface area contributed by atoms with Gasteiger partial charge in [0.1, 0.15) is 0 Å². The normalized spacial score (nSPS) is 13.1. The molecule has 1 rings (SSSR count). The minimum Gasteiger partial charge on any atom is -0.305 e. The van der Waals surface area contributed by atoms with Crippen molar-refractivity contribution >= 4 is 18.6 Å². The quantitative estimate of drug-likeness (QED) is 0.570. The molecule has 0 bridgehead atoms. The molecule has 0 aliphatic heterocycles. The van der Waals surface area contributed by atoms with Gasteiger partial charge in [0.05, 0.1) is 24.2 Å². The molecule has 0 aromatic heterocycles. The van der Waals surface area contributed by atoms with Crippen molar-refractivity contribution in [2.75, 3.05) is 20.3 Å². The van der Waals surface area contributed by atoms with E-state index in [1.54, 1.807) is 33.0 Å². The summed E-state index contributed by atoms with van der Waals surface area (Å²) in [6.07, 6.45) is 3.86. The lowest BCUT2D eigenvalue weighted by molar-refractivity contribution is 0.230. The molecule has 4 nitrogen and oxygen atoms in total. The van der Waals surface area contributed by atoms with E-state index in [4.69, 9.17) is 9.05 Å². The maximum atomic E-state index is 12.6. The van der Waals surface area contributed by atoms with Gasteiger partial charge in [-0.3, -0.25) is 9.56 Å². The van der Waals surface area contributed by atoms with E-state index in [-0.39, 0.29) is 0 Å². The van der Waals surface area contributed by atoms with E-state index >= 15 is 0 Å². The van der Waals surface area contributed by atoms with Crippen LogP contribution in [0.15, 0.2) is 41.4 Å². The fourth-order valence-electron chi connectivity index (χ4n) is 1.80. The fourth-order valence-corrected chi connectivity index (χ4v) is 3.37. The predicted molar refractivity (Wildman–Crippen MR) is 84.2 cm³/mol. The van der Waals surface area contributed by atoms with Gasteiger partial charge in [0.15, 0.2) is 0 Å². The van der Waals surface area contributed by atoms with Crippen LogP contribution in [0.5, 0.6) is 0 Å². The number of hydrogen-bond acceptors (Lipinski definition) is 4. The van der Waals surface area contributed by atoms with Gasteiger partial charge in [-0.05, 0) is 44.5 Å². The topological polar surface area (TPSA) is 47.9 Å². The monoisotopic (exact) mass is 295 g/mol. The molecular formula is C15H22NO3P. The molecular weight excluding hydrogens is 273 g/mol. The van der Waals surface area contributed by atoms with E-state index in [1.807, 2.05) is 31.2 Å². The number of allylic oxidation sites excluding steroid dienone is 2. The summed E-state index contributed by atoms with van der Waals surface area (Å²) < 4.78 is 23.2. The Balaban J connectivity index is 3.08. The zero-order chi connectivity index (χ0) is 15.0. The van der Waals surface area contributed by atoms with Crippen molar-refractivity contribution in [3.05, 3.63) is 42.0 Å². The highest BCUT2D eigenvalue weighted by molar-refractivity contribution is 7.62. The summed E-state index contributed by atoms with van der Waals surface area (Å²) in [5.74, 6) is 0. The molecule has 5 heteroatoms. The van der Waals surface area contributed by atoms with Crippen LogP contribution >= 0.6 is 7.60 Å². The first-order chi connectivity index (χ1) is 9.61. The van der Waals surface area contributed by atoms with Crippen LogP contribution in [0, 0.1) is 0 Å². The Morgan fingerprint density at radius 1 is 1.20 bits per heavy atom. The third-order valence-corrected chi connectivity index (χ3v) is 4.77. The molecule has 1 aromatic rings. The van der Waals surface area contributed by atoms with Gasteiger partial charge >= 0.3 is 7.60 Å². The fraction of sp³-hybridized carbons (Fsp3) is 0.400. The average Bonchev–Trinajstić information content (AvgIpc) is 2.45. The van der Waals surface area contributed by atoms with Crippen molar-refractivity contribution in [3.8, 4) is 0 Å². The summed E-state index contributed by atoms with van der Waals surface area (Å²) in [6, 6.07) is 7.30. The van der Waals surface area contributed by atoms with Crippen LogP contribution in [0.4, 0.5) is 0 Å². The first-order valence-corrected chi connectivity index (χ1v) is 8.25. The van der Waals surface area contributed by atoms with Gasteiger partial charge in [0.2, 0.25) is 0 Å². The minimum atomic E-state index is -3.20. The highest BCUT2D eigenvalue weighted by Crippen LogP contribution is 2.46. The number of aliphatic imine (C=N–C) groups is 1. The van der Waals surface area contributed by atoms with Crippen LogP contribution in [0.3, 0.4) is 0 Å². The molecule has 0 spiro atoms. The Labute approximate surface area is 121 Å². The SMILES string of the molecule is C/C=C\C(=N/C)c1ccc(P(=O)(OCC)OCC)cc1. The smallest absolute Gasteiger partial charge is 0.305 e. The first-order valence-electron chi connectivity index (χ1n) is 6.70. The van der Waals surface area contributed by atoms with E-state index in [2.05, 4.69) is 4.99 Å². The van der Waals surface area contributed by atoms with Crippen LogP contribution in [0.25, 0.3) is 0 Å². The van der Waals surface area contributed by atoms with Gasteiger partial charge in [0.25, 0.3) is 0 Å². The maximum Gasteiger partial charge on any atom is 0.361 e. The van der Waals surface area contributed by atoms with Crippen LogP contribution < -0.4 is 5.30 Å². The third kappa shape index (κ3) is 4.14. The molecule has 0 aliphatic carbocycles. The number of rotatable bonds is 7. The Hall–Kier alpha value is -1.22. The van der Waals surface area contributed by atoms with Crippen molar-refractivity contribution in [1.29, 1.82) is 0 Å². The van der Waals surface area contributed by atoms with Crippen molar-refractivity contribution in [2.45, 2.75) is 20.8 Å². The second-order valence-corrected chi connectivity index (χ2v) is 6.02. The molecule has 0 fully saturated rings. The Morgan fingerprint density at radius 2 is 1.75 bits per heavy atom. The van der Waals surface area contributed by atoms with Gasteiger partial charge in [-0.1, -0.05) is 18.2 Å². The first kappa shape index (κ1) is 16.8. The standard InChI is InChI=1S/C15H22NO3P/c1-5-8-15(16-4)13-9-11-14(12-10-13)20(17,18-6-2)19-7-3/h5,8-12H,6-7H2,1-4H3/b8-5-,16-15+. The molecule has 0 saturated carbocycles. The van der Waals surface area contributed by atoms with Gasteiger partial charge in [0, 0.05) is 7.05 Å². The molecule has 110 valence electrons. The maximum absolute atomic E-state index is 12.6. The lowest BCUT2D eigenvalue weighted by Crippen LogP contribution is -2.11. The van der Waals surface area contributed by atoms with Crippen LogP contribution in [0.1, 0.15) is 26.3 Å². The Kier molecular flexibility index (Phi) is 6.86. The Morgan fingerprint density at radius 3 is 2.15 bits per heavy atom. The van der Waals surface area contributed by atoms with Gasteiger partial charge in [-0.15, -0.1) is 0 Å². The number of benzene rings is 1. The van der Waals surface area contributed by atoms with E-state index in [1.165, 1.54) is 0 Å². The zero-order valence-corrected chi connectivity index (χ0v) is 13.4. The number of nitrogens with zero attached hydrogens (tertiary/aromatic N) is 1. The van der Waals surface area contributed by atoms with Crippen LogP contribution in [-0.4, -0.2) is 26.0 Å². The molecule has 0 amide bonds. The second kappa shape index (κ2) is 8.15. The molecule has 20 heavy (non-hydrogen) atoms. The minimum absolute atomic E-state index is 0.346. The summed E-state index contributed by atoms with van der Waals surface area (Å²) in [6.45, 7) is 6.23. The molecule has 0 aliphatic rings. The average molecular weight is 295 g/mol. The van der Waals surface area contributed by atoms with Crippen molar-refractivity contribution in [3.63, 3.8) is 0 Å². The largest absolute Gasteiger partial charge is 0.361 e. The van der Waals surface area contributed by atoms with Crippen LogP contribution in [-0.2, 0) is 13.6 Å². The van der Waals surface area contributed by atoms with Crippen molar-refractivity contribution in [2.24, 2.45) is 4.99 Å². The van der Waals surface area contributed by atoms with E-state index < -0.39 is 7.60 Å². The highest BCUT2D eigenvalue weighted by Gasteiger charge is 2.26. The summed E-state index contributed by atoms with van der Waals surface area (Å²) >= 11 is 0. The van der Waals surface area contributed by atoms with Gasteiger partial charge < -0.3 is 9.05 Å². The summed E-state index contributed by atoms with van der Waals surface area (Å²) in [5, 5.41) is 0.570.